The summed E-state index contributed by atoms with van der Waals surface area (Å²) in [5, 5.41) is 8.17. The van der Waals surface area contributed by atoms with Crippen LogP contribution in [0.4, 0.5) is 0 Å². The first-order valence-corrected chi connectivity index (χ1v) is 6.93. The van der Waals surface area contributed by atoms with Crippen molar-refractivity contribution in [3.05, 3.63) is 51.8 Å². The molecule has 0 aliphatic rings. The number of benzene rings is 1. The Kier molecular flexibility index (Phi) is 4.68. The van der Waals surface area contributed by atoms with Crippen molar-refractivity contribution in [2.24, 2.45) is 5.10 Å². The molecule has 20 heavy (non-hydrogen) atoms. The van der Waals surface area contributed by atoms with Gasteiger partial charge in [0.25, 0.3) is 5.91 Å². The molecule has 0 unspecified atom stereocenters. The van der Waals surface area contributed by atoms with Crippen molar-refractivity contribution in [3.63, 3.8) is 0 Å². The highest BCUT2D eigenvalue weighted by Gasteiger charge is 2.05. The van der Waals surface area contributed by atoms with Gasteiger partial charge >= 0.3 is 0 Å². The maximum Gasteiger partial charge on any atom is 0.261 e. The van der Waals surface area contributed by atoms with Crippen LogP contribution in [0.5, 0.6) is 0 Å². The van der Waals surface area contributed by atoms with Gasteiger partial charge in [0, 0.05) is 15.7 Å². The second-order valence-electron chi connectivity index (χ2n) is 4.40. The number of nitrogens with zero attached hydrogens (tertiary/aromatic N) is 3. The fourth-order valence-electron chi connectivity index (χ4n) is 1.76. The summed E-state index contributed by atoms with van der Waals surface area (Å²) in [6, 6.07) is 9.57. The number of aromatic nitrogens is 2. The molecule has 0 saturated heterocycles. The zero-order valence-corrected chi connectivity index (χ0v) is 12.9. The molecule has 1 aromatic carbocycles. The van der Waals surface area contributed by atoms with E-state index in [1.165, 1.54) is 0 Å². The third-order valence-electron chi connectivity index (χ3n) is 2.69. The lowest BCUT2D eigenvalue weighted by Crippen LogP contribution is -2.24. The number of rotatable bonds is 4. The SMILES string of the molecule is Cc1cc(C)n(CC(=O)N/N=C/c2ccccc2Br)n1. The maximum absolute atomic E-state index is 11.8. The van der Waals surface area contributed by atoms with Gasteiger partial charge in [-0.3, -0.25) is 9.48 Å². The second kappa shape index (κ2) is 6.47. The van der Waals surface area contributed by atoms with E-state index >= 15 is 0 Å². The molecule has 2 rings (SSSR count). The zero-order chi connectivity index (χ0) is 14.5. The highest BCUT2D eigenvalue weighted by Crippen LogP contribution is 2.13. The van der Waals surface area contributed by atoms with Crippen LogP contribution in [-0.4, -0.2) is 21.9 Å². The summed E-state index contributed by atoms with van der Waals surface area (Å²) in [5.41, 5.74) is 5.24. The van der Waals surface area contributed by atoms with Crippen LogP contribution in [0.2, 0.25) is 0 Å². The first-order chi connectivity index (χ1) is 9.56. The molecule has 1 heterocycles. The lowest BCUT2D eigenvalue weighted by Gasteiger charge is -2.03. The van der Waals surface area contributed by atoms with Gasteiger partial charge in [-0.25, -0.2) is 5.43 Å². The van der Waals surface area contributed by atoms with Crippen molar-refractivity contribution in [3.8, 4) is 0 Å². The molecule has 1 aromatic heterocycles. The average Bonchev–Trinajstić information content (AvgIpc) is 2.70. The van der Waals surface area contributed by atoms with E-state index in [1.807, 2.05) is 44.2 Å². The van der Waals surface area contributed by atoms with Crippen molar-refractivity contribution in [1.29, 1.82) is 0 Å². The van der Waals surface area contributed by atoms with Crippen LogP contribution in [0, 0.1) is 13.8 Å². The Bertz CT molecular complexity index is 648. The number of nitrogens with one attached hydrogen (secondary N) is 1. The number of hydrogen-bond donors (Lipinski definition) is 1. The van der Waals surface area contributed by atoms with E-state index in [2.05, 4.69) is 31.6 Å². The Hall–Kier alpha value is -1.95. The summed E-state index contributed by atoms with van der Waals surface area (Å²) in [7, 11) is 0. The highest BCUT2D eigenvalue weighted by atomic mass is 79.9. The maximum atomic E-state index is 11.8. The number of halogens is 1. The molecule has 0 bridgehead atoms. The van der Waals surface area contributed by atoms with Gasteiger partial charge in [0.05, 0.1) is 11.9 Å². The van der Waals surface area contributed by atoms with Gasteiger partial charge in [0.2, 0.25) is 0 Å². The molecule has 104 valence electrons. The number of hydrogen-bond acceptors (Lipinski definition) is 3. The van der Waals surface area contributed by atoms with Crippen molar-refractivity contribution in [2.75, 3.05) is 0 Å². The van der Waals surface area contributed by atoms with E-state index in [0.717, 1.165) is 21.4 Å². The Morgan fingerprint density at radius 2 is 2.20 bits per heavy atom. The van der Waals surface area contributed by atoms with Gasteiger partial charge < -0.3 is 0 Å². The normalized spacial score (nSPS) is 10.9. The number of hydrazone groups is 1. The quantitative estimate of drug-likeness (QED) is 0.689. The summed E-state index contributed by atoms with van der Waals surface area (Å²) in [6.45, 7) is 3.97. The fraction of sp³-hybridized carbons (Fsp3) is 0.214. The molecule has 2 aromatic rings. The average molecular weight is 335 g/mol. The van der Waals surface area contributed by atoms with Crippen molar-refractivity contribution in [2.45, 2.75) is 20.4 Å². The van der Waals surface area contributed by atoms with E-state index in [0.29, 0.717) is 0 Å². The molecule has 0 radical (unpaired) electrons. The van der Waals surface area contributed by atoms with Crippen molar-refractivity contribution in [1.82, 2.24) is 15.2 Å². The number of aryl methyl sites for hydroxylation is 2. The lowest BCUT2D eigenvalue weighted by molar-refractivity contribution is -0.121. The van der Waals surface area contributed by atoms with E-state index in [-0.39, 0.29) is 12.5 Å². The van der Waals surface area contributed by atoms with E-state index < -0.39 is 0 Å². The molecule has 5 nitrogen and oxygen atoms in total. The molecular weight excluding hydrogens is 320 g/mol. The molecule has 0 aliphatic heterocycles. The molecule has 0 spiro atoms. The van der Waals surface area contributed by atoms with Gasteiger partial charge in [-0.1, -0.05) is 34.1 Å². The van der Waals surface area contributed by atoms with Gasteiger partial charge in [0.1, 0.15) is 6.54 Å². The van der Waals surface area contributed by atoms with Crippen LogP contribution in [0.1, 0.15) is 17.0 Å². The van der Waals surface area contributed by atoms with Gasteiger partial charge in [-0.2, -0.15) is 10.2 Å². The zero-order valence-electron chi connectivity index (χ0n) is 11.3. The molecule has 0 fully saturated rings. The molecular formula is C14H15BrN4O. The molecule has 6 heteroatoms. The summed E-state index contributed by atoms with van der Waals surface area (Å²) >= 11 is 3.41. The summed E-state index contributed by atoms with van der Waals surface area (Å²) in [6.07, 6.45) is 1.60. The smallest absolute Gasteiger partial charge is 0.261 e. The minimum absolute atomic E-state index is 0.160. The summed E-state index contributed by atoms with van der Waals surface area (Å²) in [4.78, 5) is 11.8. The third-order valence-corrected chi connectivity index (χ3v) is 3.42. The van der Waals surface area contributed by atoms with Crippen molar-refractivity contribution >= 4 is 28.1 Å². The van der Waals surface area contributed by atoms with E-state index in [4.69, 9.17) is 0 Å². The summed E-state index contributed by atoms with van der Waals surface area (Å²) < 4.78 is 2.58. The van der Waals surface area contributed by atoms with E-state index in [1.54, 1.807) is 10.9 Å². The third kappa shape index (κ3) is 3.77. The topological polar surface area (TPSA) is 59.3 Å². The number of amides is 1. The largest absolute Gasteiger partial charge is 0.271 e. The van der Waals surface area contributed by atoms with Crippen LogP contribution in [0.3, 0.4) is 0 Å². The Labute approximate surface area is 125 Å². The van der Waals surface area contributed by atoms with Crippen LogP contribution < -0.4 is 5.43 Å². The monoisotopic (exact) mass is 334 g/mol. The standard InChI is InChI=1S/C14H15BrN4O/c1-10-7-11(2)19(18-10)9-14(20)17-16-8-12-5-3-4-6-13(12)15/h3-8H,9H2,1-2H3,(H,17,20)/b16-8+. The predicted molar refractivity (Wildman–Crippen MR) is 81.6 cm³/mol. The Balaban J connectivity index is 1.93. The Morgan fingerprint density at radius 1 is 1.45 bits per heavy atom. The van der Waals surface area contributed by atoms with E-state index in [9.17, 15) is 4.79 Å². The molecule has 1 N–H and O–H groups in total. The number of carbonyl (C=O) groups excluding carboxylic acids is 1. The van der Waals surface area contributed by atoms with Gasteiger partial charge in [-0.05, 0) is 26.0 Å². The minimum atomic E-state index is -0.209. The van der Waals surface area contributed by atoms with Crippen molar-refractivity contribution < 1.29 is 4.79 Å². The Morgan fingerprint density at radius 3 is 2.85 bits per heavy atom. The fourth-order valence-corrected chi connectivity index (χ4v) is 2.15. The molecule has 0 aliphatic carbocycles. The first-order valence-electron chi connectivity index (χ1n) is 6.14. The minimum Gasteiger partial charge on any atom is -0.271 e. The first kappa shape index (κ1) is 14.5. The number of carbonyl (C=O) groups is 1. The molecule has 0 saturated carbocycles. The second-order valence-corrected chi connectivity index (χ2v) is 5.25. The van der Waals surface area contributed by atoms with Crippen LogP contribution in [0.15, 0.2) is 39.9 Å². The molecule has 1 amide bonds. The van der Waals surface area contributed by atoms with Crippen LogP contribution in [-0.2, 0) is 11.3 Å². The highest BCUT2D eigenvalue weighted by molar-refractivity contribution is 9.10. The molecule has 0 atom stereocenters. The summed E-state index contributed by atoms with van der Waals surface area (Å²) in [5.74, 6) is -0.209. The van der Waals surface area contributed by atoms with Gasteiger partial charge in [-0.15, -0.1) is 0 Å². The predicted octanol–water partition coefficient (Wildman–Crippen LogP) is 2.41. The lowest BCUT2D eigenvalue weighted by atomic mass is 10.2. The van der Waals surface area contributed by atoms with Gasteiger partial charge in [0.15, 0.2) is 0 Å². The van der Waals surface area contributed by atoms with Crippen LogP contribution in [0.25, 0.3) is 0 Å². The van der Waals surface area contributed by atoms with Crippen LogP contribution >= 0.6 is 15.9 Å².